The average molecular weight is 398 g/mol. The van der Waals surface area contributed by atoms with Gasteiger partial charge in [-0.05, 0) is 42.5 Å². The van der Waals surface area contributed by atoms with Gasteiger partial charge >= 0.3 is 12.0 Å². The van der Waals surface area contributed by atoms with E-state index in [1.54, 1.807) is 24.3 Å². The zero-order chi connectivity index (χ0) is 20.6. The molecule has 152 valence electrons. The topological polar surface area (TPSA) is 123 Å². The van der Waals surface area contributed by atoms with E-state index in [1.165, 1.54) is 12.1 Å². The standard InChI is InChI=1S/C20H22N4O5/c21-20(27)23-16-3-1-2-14(12-16)19(26)29-13-18(25)22-15-4-6-17(7-5-15)24-8-10-28-11-9-24/h1-7,12H,8-11,13H2,(H,22,25)(H3,21,23,27). The second kappa shape index (κ2) is 9.56. The largest absolute Gasteiger partial charge is 0.452 e. The predicted molar refractivity (Wildman–Crippen MR) is 108 cm³/mol. The lowest BCUT2D eigenvalue weighted by atomic mass is 10.2. The molecule has 1 aliphatic heterocycles. The highest BCUT2D eigenvalue weighted by atomic mass is 16.5. The van der Waals surface area contributed by atoms with Gasteiger partial charge in [0.05, 0.1) is 18.8 Å². The number of anilines is 3. The Bertz CT molecular complexity index is 879. The summed E-state index contributed by atoms with van der Waals surface area (Å²) in [5, 5.41) is 5.05. The quantitative estimate of drug-likeness (QED) is 0.638. The second-order valence-electron chi connectivity index (χ2n) is 6.34. The van der Waals surface area contributed by atoms with Gasteiger partial charge < -0.3 is 30.7 Å². The summed E-state index contributed by atoms with van der Waals surface area (Å²) in [7, 11) is 0. The minimum atomic E-state index is -0.741. The Morgan fingerprint density at radius 3 is 2.41 bits per heavy atom. The Balaban J connectivity index is 1.49. The van der Waals surface area contributed by atoms with Crippen molar-refractivity contribution >= 4 is 35.0 Å². The van der Waals surface area contributed by atoms with Crippen molar-refractivity contribution < 1.29 is 23.9 Å². The van der Waals surface area contributed by atoms with Crippen LogP contribution in [0.15, 0.2) is 48.5 Å². The van der Waals surface area contributed by atoms with Crippen molar-refractivity contribution in [3.05, 3.63) is 54.1 Å². The Morgan fingerprint density at radius 1 is 1.00 bits per heavy atom. The molecular weight excluding hydrogens is 376 g/mol. The predicted octanol–water partition coefficient (Wildman–Crippen LogP) is 1.81. The number of rotatable bonds is 6. The van der Waals surface area contributed by atoms with Crippen LogP contribution in [0.4, 0.5) is 21.9 Å². The Kier molecular flexibility index (Phi) is 6.64. The molecule has 0 spiro atoms. The minimum absolute atomic E-state index is 0.193. The maximum absolute atomic E-state index is 12.1. The van der Waals surface area contributed by atoms with Crippen molar-refractivity contribution in [3.8, 4) is 0 Å². The van der Waals surface area contributed by atoms with Crippen LogP contribution in [-0.4, -0.2) is 50.8 Å². The molecule has 0 bridgehead atoms. The van der Waals surface area contributed by atoms with Crippen LogP contribution >= 0.6 is 0 Å². The number of benzene rings is 2. The number of nitrogens with one attached hydrogen (secondary N) is 2. The number of ether oxygens (including phenoxy) is 2. The van der Waals surface area contributed by atoms with E-state index >= 15 is 0 Å². The fourth-order valence-electron chi connectivity index (χ4n) is 2.85. The molecule has 3 rings (SSSR count). The van der Waals surface area contributed by atoms with Crippen molar-refractivity contribution in [2.24, 2.45) is 5.73 Å². The molecule has 1 aliphatic rings. The van der Waals surface area contributed by atoms with E-state index in [9.17, 15) is 14.4 Å². The first kappa shape index (κ1) is 20.2. The van der Waals surface area contributed by atoms with Crippen molar-refractivity contribution in [2.45, 2.75) is 0 Å². The van der Waals surface area contributed by atoms with Crippen LogP contribution in [0.1, 0.15) is 10.4 Å². The first-order valence-corrected chi connectivity index (χ1v) is 9.07. The van der Waals surface area contributed by atoms with E-state index in [0.717, 1.165) is 18.8 Å². The van der Waals surface area contributed by atoms with E-state index in [1.807, 2.05) is 12.1 Å². The highest BCUT2D eigenvalue weighted by molar-refractivity contribution is 5.96. The van der Waals surface area contributed by atoms with Crippen LogP contribution in [0.5, 0.6) is 0 Å². The summed E-state index contributed by atoms with van der Waals surface area (Å²) in [6.45, 7) is 2.63. The SMILES string of the molecule is NC(=O)Nc1cccc(C(=O)OCC(=O)Nc2ccc(N3CCOCC3)cc2)c1. The molecule has 1 heterocycles. The lowest BCUT2D eigenvalue weighted by molar-refractivity contribution is -0.119. The average Bonchev–Trinajstić information content (AvgIpc) is 2.73. The van der Waals surface area contributed by atoms with Crippen molar-refractivity contribution in [3.63, 3.8) is 0 Å². The number of urea groups is 1. The van der Waals surface area contributed by atoms with Crippen LogP contribution < -0.4 is 21.3 Å². The Morgan fingerprint density at radius 2 is 1.72 bits per heavy atom. The third-order valence-electron chi connectivity index (χ3n) is 4.23. The number of hydrogen-bond donors (Lipinski definition) is 3. The fourth-order valence-corrected chi connectivity index (χ4v) is 2.85. The fraction of sp³-hybridized carbons (Fsp3) is 0.250. The van der Waals surface area contributed by atoms with Gasteiger partial charge in [-0.15, -0.1) is 0 Å². The molecule has 4 N–H and O–H groups in total. The Hall–Kier alpha value is -3.59. The van der Waals surface area contributed by atoms with Gasteiger partial charge in [0.15, 0.2) is 6.61 Å². The lowest BCUT2D eigenvalue weighted by Gasteiger charge is -2.28. The van der Waals surface area contributed by atoms with Gasteiger partial charge in [-0.3, -0.25) is 4.79 Å². The smallest absolute Gasteiger partial charge is 0.338 e. The number of nitrogens with zero attached hydrogens (tertiary/aromatic N) is 1. The first-order valence-electron chi connectivity index (χ1n) is 9.07. The maximum atomic E-state index is 12.1. The number of nitrogens with two attached hydrogens (primary N) is 1. The molecule has 1 fully saturated rings. The molecule has 0 aromatic heterocycles. The van der Waals surface area contributed by atoms with Crippen LogP contribution in [0.2, 0.25) is 0 Å². The lowest BCUT2D eigenvalue weighted by Crippen LogP contribution is -2.36. The van der Waals surface area contributed by atoms with Crippen LogP contribution in [-0.2, 0) is 14.3 Å². The zero-order valence-corrected chi connectivity index (χ0v) is 15.7. The highest BCUT2D eigenvalue weighted by Gasteiger charge is 2.13. The van der Waals surface area contributed by atoms with Gasteiger partial charge in [0.25, 0.3) is 5.91 Å². The summed E-state index contributed by atoms with van der Waals surface area (Å²) < 4.78 is 10.4. The number of primary amides is 1. The third kappa shape index (κ3) is 5.94. The number of hydrogen-bond acceptors (Lipinski definition) is 6. The molecule has 0 atom stereocenters. The van der Waals surface area contributed by atoms with Crippen LogP contribution in [0.3, 0.4) is 0 Å². The molecular formula is C20H22N4O5. The summed E-state index contributed by atoms with van der Waals surface area (Å²) in [4.78, 5) is 37.2. The van der Waals surface area contributed by atoms with E-state index in [4.69, 9.17) is 15.2 Å². The second-order valence-corrected chi connectivity index (χ2v) is 6.34. The highest BCUT2D eigenvalue weighted by Crippen LogP contribution is 2.19. The van der Waals surface area contributed by atoms with Crippen LogP contribution in [0, 0.1) is 0 Å². The van der Waals surface area contributed by atoms with Gasteiger partial charge in [-0.1, -0.05) is 6.07 Å². The number of morpholine rings is 1. The van der Waals surface area contributed by atoms with Gasteiger partial charge in [-0.25, -0.2) is 9.59 Å². The summed E-state index contributed by atoms with van der Waals surface area (Å²) in [5.41, 5.74) is 7.26. The number of carbonyl (C=O) groups excluding carboxylic acids is 3. The summed E-state index contributed by atoms with van der Waals surface area (Å²) in [6.07, 6.45) is 0. The molecule has 9 nitrogen and oxygen atoms in total. The van der Waals surface area contributed by atoms with E-state index in [-0.39, 0.29) is 5.56 Å². The Labute approximate surface area is 167 Å². The van der Waals surface area contributed by atoms with E-state index in [0.29, 0.717) is 24.6 Å². The maximum Gasteiger partial charge on any atom is 0.338 e. The van der Waals surface area contributed by atoms with Gasteiger partial charge in [0, 0.05) is 30.2 Å². The minimum Gasteiger partial charge on any atom is -0.452 e. The first-order chi connectivity index (χ1) is 14.0. The van der Waals surface area contributed by atoms with Crippen molar-refractivity contribution in [1.29, 1.82) is 0 Å². The van der Waals surface area contributed by atoms with Gasteiger partial charge in [0.2, 0.25) is 0 Å². The molecule has 0 radical (unpaired) electrons. The van der Waals surface area contributed by atoms with Crippen LogP contribution in [0.25, 0.3) is 0 Å². The number of amides is 3. The molecule has 29 heavy (non-hydrogen) atoms. The summed E-state index contributed by atoms with van der Waals surface area (Å²) >= 11 is 0. The normalized spacial score (nSPS) is 13.4. The molecule has 1 saturated heterocycles. The number of carbonyl (C=O) groups is 3. The van der Waals surface area contributed by atoms with Crippen molar-refractivity contribution in [1.82, 2.24) is 0 Å². The third-order valence-corrected chi connectivity index (χ3v) is 4.23. The zero-order valence-electron chi connectivity index (χ0n) is 15.7. The van der Waals surface area contributed by atoms with Gasteiger partial charge in [0.1, 0.15) is 0 Å². The molecule has 9 heteroatoms. The molecule has 0 unspecified atom stereocenters. The molecule has 0 saturated carbocycles. The molecule has 2 aromatic carbocycles. The van der Waals surface area contributed by atoms with E-state index < -0.39 is 24.5 Å². The molecule has 3 amide bonds. The summed E-state index contributed by atoms with van der Waals surface area (Å²) in [6, 6.07) is 12.8. The van der Waals surface area contributed by atoms with Gasteiger partial charge in [-0.2, -0.15) is 0 Å². The monoisotopic (exact) mass is 398 g/mol. The van der Waals surface area contributed by atoms with Crippen molar-refractivity contribution in [2.75, 3.05) is 48.4 Å². The molecule has 0 aliphatic carbocycles. The summed E-state index contributed by atoms with van der Waals surface area (Å²) in [5.74, 6) is -1.14. The van der Waals surface area contributed by atoms with E-state index in [2.05, 4.69) is 15.5 Å². The number of esters is 1. The molecule has 2 aromatic rings.